The average molecular weight is 690 g/mol. The number of benzene rings is 8. The van der Waals surface area contributed by atoms with Crippen LogP contribution in [-0.4, -0.2) is 24.1 Å². The summed E-state index contributed by atoms with van der Waals surface area (Å²) in [6, 6.07) is 66.3. The van der Waals surface area contributed by atoms with E-state index >= 15 is 0 Å². The standard InChI is InChI=1S/C49H31N5/c1-4-14-32(15-5-1)47-50-48(33-16-6-2-7-17-33)52-49(51-47)54-45-31-37(24-26-40(45)42-28-34-18-10-11-19-35(34)30-46(42)54)36-25-27-44-41(29-36)39-22-12-13-23-43(39)53(44)38-20-8-3-9-21-38/h1-31H. The van der Waals surface area contributed by atoms with Crippen molar-refractivity contribution in [2.45, 2.75) is 0 Å². The maximum absolute atomic E-state index is 5.20. The van der Waals surface area contributed by atoms with E-state index < -0.39 is 0 Å². The molecule has 0 amide bonds. The van der Waals surface area contributed by atoms with Crippen LogP contribution in [0, 0.1) is 0 Å². The van der Waals surface area contributed by atoms with Gasteiger partial charge in [0, 0.05) is 38.4 Å². The highest BCUT2D eigenvalue weighted by Gasteiger charge is 2.20. The van der Waals surface area contributed by atoms with Gasteiger partial charge in [-0.15, -0.1) is 0 Å². The monoisotopic (exact) mass is 689 g/mol. The van der Waals surface area contributed by atoms with Crippen molar-refractivity contribution >= 4 is 54.4 Å². The second kappa shape index (κ2) is 12.1. The van der Waals surface area contributed by atoms with Crippen LogP contribution >= 0.6 is 0 Å². The summed E-state index contributed by atoms with van der Waals surface area (Å²) in [5.74, 6) is 1.84. The molecule has 54 heavy (non-hydrogen) atoms. The minimum Gasteiger partial charge on any atom is -0.309 e. The molecule has 5 heteroatoms. The van der Waals surface area contributed by atoms with Crippen molar-refractivity contribution in [3.05, 3.63) is 188 Å². The average Bonchev–Trinajstić information content (AvgIpc) is 3.75. The summed E-state index contributed by atoms with van der Waals surface area (Å²) in [7, 11) is 0. The highest BCUT2D eigenvalue weighted by atomic mass is 15.2. The van der Waals surface area contributed by atoms with E-state index in [9.17, 15) is 0 Å². The molecule has 0 aliphatic heterocycles. The molecule has 0 saturated heterocycles. The molecule has 0 spiro atoms. The quantitative estimate of drug-likeness (QED) is 0.181. The van der Waals surface area contributed by atoms with Crippen molar-refractivity contribution in [3.8, 4) is 45.5 Å². The van der Waals surface area contributed by atoms with Gasteiger partial charge in [0.1, 0.15) is 0 Å². The Balaban J connectivity index is 1.18. The van der Waals surface area contributed by atoms with Crippen LogP contribution in [0.25, 0.3) is 99.9 Å². The summed E-state index contributed by atoms with van der Waals surface area (Å²) in [6.07, 6.45) is 0. The van der Waals surface area contributed by atoms with Crippen molar-refractivity contribution in [1.29, 1.82) is 0 Å². The SMILES string of the molecule is c1ccc(-c2nc(-c3ccccc3)nc(-n3c4cc(-c5ccc6c(c5)c5ccccc5n6-c5ccccc5)ccc4c4cc5ccccc5cc43)n2)cc1. The Morgan fingerprint density at radius 1 is 0.296 bits per heavy atom. The van der Waals surface area contributed by atoms with Gasteiger partial charge in [-0.2, -0.15) is 9.97 Å². The predicted molar refractivity (Wildman–Crippen MR) is 222 cm³/mol. The third kappa shape index (κ3) is 4.83. The molecule has 0 unspecified atom stereocenters. The molecule has 0 N–H and O–H groups in total. The second-order valence-electron chi connectivity index (χ2n) is 13.7. The molecule has 0 bridgehead atoms. The fourth-order valence-corrected chi connectivity index (χ4v) is 8.00. The Morgan fingerprint density at radius 3 is 1.54 bits per heavy atom. The maximum atomic E-state index is 5.20. The highest BCUT2D eigenvalue weighted by Crippen LogP contribution is 2.39. The number of para-hydroxylation sites is 2. The zero-order chi connectivity index (χ0) is 35.6. The first kappa shape index (κ1) is 30.3. The summed E-state index contributed by atoms with van der Waals surface area (Å²) in [6.45, 7) is 0. The molecule has 11 rings (SSSR count). The highest BCUT2D eigenvalue weighted by molar-refractivity contribution is 6.15. The zero-order valence-electron chi connectivity index (χ0n) is 29.1. The molecule has 3 aromatic heterocycles. The van der Waals surface area contributed by atoms with Gasteiger partial charge < -0.3 is 4.57 Å². The third-order valence-electron chi connectivity index (χ3n) is 10.5. The van der Waals surface area contributed by atoms with Gasteiger partial charge in [-0.25, -0.2) is 4.98 Å². The Labute approximate surface area is 311 Å². The number of hydrogen-bond donors (Lipinski definition) is 0. The van der Waals surface area contributed by atoms with E-state index in [4.69, 9.17) is 15.0 Å². The molecule has 0 radical (unpaired) electrons. The molecule has 0 saturated carbocycles. The summed E-state index contributed by atoms with van der Waals surface area (Å²) in [4.78, 5) is 15.4. The van der Waals surface area contributed by atoms with Gasteiger partial charge in [0.2, 0.25) is 5.95 Å². The van der Waals surface area contributed by atoms with Crippen LogP contribution in [0.1, 0.15) is 0 Å². The summed E-state index contributed by atoms with van der Waals surface area (Å²) < 4.78 is 4.58. The lowest BCUT2D eigenvalue weighted by molar-refractivity contribution is 0.954. The van der Waals surface area contributed by atoms with Crippen LogP contribution < -0.4 is 0 Å². The van der Waals surface area contributed by atoms with Crippen LogP contribution in [0.2, 0.25) is 0 Å². The Bertz CT molecular complexity index is 3140. The summed E-state index contributed by atoms with van der Waals surface area (Å²) >= 11 is 0. The third-order valence-corrected chi connectivity index (χ3v) is 10.5. The topological polar surface area (TPSA) is 48.5 Å². The van der Waals surface area contributed by atoms with Crippen LogP contribution in [0.15, 0.2) is 188 Å². The molecule has 3 heterocycles. The molecule has 8 aromatic carbocycles. The van der Waals surface area contributed by atoms with Gasteiger partial charge in [0.25, 0.3) is 0 Å². The van der Waals surface area contributed by atoms with Crippen molar-refractivity contribution in [3.63, 3.8) is 0 Å². The summed E-state index contributed by atoms with van der Waals surface area (Å²) in [5, 5.41) is 7.10. The van der Waals surface area contributed by atoms with Crippen LogP contribution in [0.4, 0.5) is 0 Å². The van der Waals surface area contributed by atoms with Crippen LogP contribution in [-0.2, 0) is 0 Å². The molecule has 0 aliphatic rings. The molecule has 0 fully saturated rings. The molecule has 11 aromatic rings. The lowest BCUT2D eigenvalue weighted by atomic mass is 10.0. The second-order valence-corrected chi connectivity index (χ2v) is 13.7. The van der Waals surface area contributed by atoms with Gasteiger partial charge in [0.15, 0.2) is 11.6 Å². The zero-order valence-corrected chi connectivity index (χ0v) is 29.1. The first-order valence-electron chi connectivity index (χ1n) is 18.2. The van der Waals surface area contributed by atoms with Gasteiger partial charge in [-0.1, -0.05) is 140 Å². The van der Waals surface area contributed by atoms with E-state index in [0.29, 0.717) is 17.6 Å². The van der Waals surface area contributed by atoms with Gasteiger partial charge >= 0.3 is 0 Å². The molecular weight excluding hydrogens is 659 g/mol. The van der Waals surface area contributed by atoms with E-state index in [1.54, 1.807) is 0 Å². The first-order valence-corrected chi connectivity index (χ1v) is 18.2. The molecule has 5 nitrogen and oxygen atoms in total. The van der Waals surface area contributed by atoms with Gasteiger partial charge in [-0.3, -0.25) is 4.57 Å². The molecular formula is C49H31N5. The number of fused-ring (bicyclic) bond motifs is 7. The summed E-state index contributed by atoms with van der Waals surface area (Å²) in [5.41, 5.74) is 9.75. The van der Waals surface area contributed by atoms with Gasteiger partial charge in [0.05, 0.1) is 22.1 Å². The molecule has 0 atom stereocenters. The first-order chi connectivity index (χ1) is 26.8. The Morgan fingerprint density at radius 2 is 0.815 bits per heavy atom. The number of nitrogens with zero attached hydrogens (tertiary/aromatic N) is 5. The fourth-order valence-electron chi connectivity index (χ4n) is 8.00. The van der Waals surface area contributed by atoms with Gasteiger partial charge in [-0.05, 0) is 70.4 Å². The maximum Gasteiger partial charge on any atom is 0.238 e. The van der Waals surface area contributed by atoms with E-state index in [0.717, 1.165) is 55.1 Å². The van der Waals surface area contributed by atoms with E-state index in [1.165, 1.54) is 27.2 Å². The van der Waals surface area contributed by atoms with Crippen molar-refractivity contribution in [2.24, 2.45) is 0 Å². The number of rotatable bonds is 5. The minimum absolute atomic E-state index is 0.580. The van der Waals surface area contributed by atoms with E-state index in [1.807, 2.05) is 36.4 Å². The Hall–Kier alpha value is -7.37. The normalized spacial score (nSPS) is 11.7. The van der Waals surface area contributed by atoms with E-state index in [2.05, 4.69) is 161 Å². The number of aromatic nitrogens is 5. The minimum atomic E-state index is 0.580. The van der Waals surface area contributed by atoms with Crippen molar-refractivity contribution in [2.75, 3.05) is 0 Å². The van der Waals surface area contributed by atoms with Crippen LogP contribution in [0.3, 0.4) is 0 Å². The lowest BCUT2D eigenvalue weighted by Crippen LogP contribution is -2.06. The van der Waals surface area contributed by atoms with Crippen LogP contribution in [0.5, 0.6) is 0 Å². The largest absolute Gasteiger partial charge is 0.309 e. The molecule has 252 valence electrons. The fraction of sp³-hybridized carbons (Fsp3) is 0. The predicted octanol–water partition coefficient (Wildman–Crippen LogP) is 12.2. The Kier molecular flexibility index (Phi) is 6.79. The van der Waals surface area contributed by atoms with E-state index in [-0.39, 0.29) is 0 Å². The van der Waals surface area contributed by atoms with Crippen molar-refractivity contribution < 1.29 is 0 Å². The van der Waals surface area contributed by atoms with Crippen molar-refractivity contribution in [1.82, 2.24) is 24.1 Å². The smallest absolute Gasteiger partial charge is 0.238 e. The number of hydrogen-bond acceptors (Lipinski definition) is 3. The molecule has 0 aliphatic carbocycles. The lowest BCUT2D eigenvalue weighted by Gasteiger charge is -2.12.